The molecule has 0 saturated heterocycles. The van der Waals surface area contributed by atoms with Crippen LogP contribution in [0, 0.1) is 19.7 Å². The lowest BCUT2D eigenvalue weighted by Crippen LogP contribution is -2.15. The van der Waals surface area contributed by atoms with Gasteiger partial charge in [0.2, 0.25) is 5.91 Å². The van der Waals surface area contributed by atoms with Gasteiger partial charge >= 0.3 is 0 Å². The summed E-state index contributed by atoms with van der Waals surface area (Å²) in [7, 11) is 0. The molecule has 128 valence electrons. The highest BCUT2D eigenvalue weighted by atomic mass is 32.2. The van der Waals surface area contributed by atoms with Crippen LogP contribution in [0.15, 0.2) is 47.5 Å². The summed E-state index contributed by atoms with van der Waals surface area (Å²) in [5, 5.41) is 15.7. The van der Waals surface area contributed by atoms with Gasteiger partial charge in [0.25, 0.3) is 0 Å². The van der Waals surface area contributed by atoms with E-state index in [-0.39, 0.29) is 17.3 Å². The van der Waals surface area contributed by atoms with Crippen molar-refractivity contribution in [2.75, 3.05) is 11.1 Å². The fourth-order valence-electron chi connectivity index (χ4n) is 2.25. The maximum Gasteiger partial charge on any atom is 0.234 e. The highest BCUT2D eigenvalue weighted by Gasteiger charge is 2.09. The van der Waals surface area contributed by atoms with Gasteiger partial charge in [0.05, 0.1) is 17.1 Å². The number of anilines is 1. The summed E-state index contributed by atoms with van der Waals surface area (Å²) >= 11 is 1.23. The molecule has 0 saturated carbocycles. The normalized spacial score (nSPS) is 10.7. The third-order valence-corrected chi connectivity index (χ3v) is 4.27. The molecule has 0 atom stereocenters. The highest BCUT2D eigenvalue weighted by molar-refractivity contribution is 7.99. The Balaban J connectivity index is 1.59. The van der Waals surface area contributed by atoms with Crippen molar-refractivity contribution in [2.24, 2.45) is 0 Å². The van der Waals surface area contributed by atoms with Crippen LogP contribution in [-0.4, -0.2) is 31.6 Å². The maximum absolute atomic E-state index is 13.5. The van der Waals surface area contributed by atoms with Gasteiger partial charge in [0.15, 0.2) is 5.82 Å². The van der Waals surface area contributed by atoms with E-state index >= 15 is 0 Å². The third kappa shape index (κ3) is 4.21. The Labute approximate surface area is 148 Å². The maximum atomic E-state index is 13.5. The van der Waals surface area contributed by atoms with E-state index in [2.05, 4.69) is 20.6 Å². The first-order valence-corrected chi connectivity index (χ1v) is 8.56. The van der Waals surface area contributed by atoms with Crippen LogP contribution < -0.4 is 5.32 Å². The topological polar surface area (TPSA) is 72.7 Å². The summed E-state index contributed by atoms with van der Waals surface area (Å²) in [6.45, 7) is 3.85. The summed E-state index contributed by atoms with van der Waals surface area (Å²) in [5.74, 6) is -0.0393. The Hall–Kier alpha value is -2.74. The number of amides is 1. The zero-order valence-electron chi connectivity index (χ0n) is 13.7. The molecule has 0 spiro atoms. The third-order valence-electron chi connectivity index (χ3n) is 3.35. The number of carbonyl (C=O) groups excluding carboxylic acids is 1. The number of hydrogen-bond donors (Lipinski definition) is 1. The number of carbonyl (C=O) groups is 1. The lowest BCUT2D eigenvalue weighted by Gasteiger charge is -2.06. The number of halogens is 1. The number of thioether (sulfide) groups is 1. The van der Waals surface area contributed by atoms with Crippen LogP contribution in [0.3, 0.4) is 0 Å². The Morgan fingerprint density at radius 2 is 2.00 bits per heavy atom. The second-order valence-corrected chi connectivity index (χ2v) is 6.38. The second-order valence-electron chi connectivity index (χ2n) is 5.39. The molecule has 25 heavy (non-hydrogen) atoms. The molecule has 0 unspecified atom stereocenters. The zero-order chi connectivity index (χ0) is 17.8. The van der Waals surface area contributed by atoms with Gasteiger partial charge in [-0.25, -0.2) is 9.07 Å². The number of para-hydroxylation sites is 1. The molecule has 2 heterocycles. The van der Waals surface area contributed by atoms with Gasteiger partial charge in [-0.05, 0) is 44.2 Å². The van der Waals surface area contributed by atoms with Crippen LogP contribution in [0.4, 0.5) is 10.1 Å². The van der Waals surface area contributed by atoms with E-state index in [0.717, 1.165) is 11.4 Å². The number of nitrogens with zero attached hydrogens (tertiary/aromatic N) is 4. The van der Waals surface area contributed by atoms with Gasteiger partial charge in [0.1, 0.15) is 10.8 Å². The average molecular weight is 357 g/mol. The van der Waals surface area contributed by atoms with Crippen molar-refractivity contribution in [1.82, 2.24) is 20.0 Å². The van der Waals surface area contributed by atoms with E-state index in [0.29, 0.717) is 10.8 Å². The van der Waals surface area contributed by atoms with E-state index in [1.807, 2.05) is 19.9 Å². The number of aryl methyl sites for hydroxylation is 2. The second kappa shape index (κ2) is 7.43. The first-order valence-electron chi connectivity index (χ1n) is 7.57. The van der Waals surface area contributed by atoms with E-state index in [1.165, 1.54) is 23.9 Å². The van der Waals surface area contributed by atoms with Crippen LogP contribution in [0.2, 0.25) is 0 Å². The average Bonchev–Trinajstić information content (AvgIpc) is 2.94. The van der Waals surface area contributed by atoms with Crippen molar-refractivity contribution < 1.29 is 9.18 Å². The lowest BCUT2D eigenvalue weighted by atomic mass is 10.3. The quantitative estimate of drug-likeness (QED) is 0.710. The highest BCUT2D eigenvalue weighted by Crippen LogP contribution is 2.18. The Morgan fingerprint density at radius 3 is 2.64 bits per heavy atom. The van der Waals surface area contributed by atoms with Crippen molar-refractivity contribution in [2.45, 2.75) is 18.9 Å². The summed E-state index contributed by atoms with van der Waals surface area (Å²) in [6, 6.07) is 11.6. The molecule has 3 aromatic rings. The molecule has 0 aliphatic heterocycles. The largest absolute Gasteiger partial charge is 0.323 e. The van der Waals surface area contributed by atoms with E-state index < -0.39 is 5.82 Å². The van der Waals surface area contributed by atoms with Crippen LogP contribution in [0.5, 0.6) is 0 Å². The minimum absolute atomic E-state index is 0.113. The van der Waals surface area contributed by atoms with Crippen molar-refractivity contribution in [1.29, 1.82) is 0 Å². The van der Waals surface area contributed by atoms with Gasteiger partial charge in [0, 0.05) is 5.69 Å². The predicted molar refractivity (Wildman–Crippen MR) is 94.4 cm³/mol. The summed E-state index contributed by atoms with van der Waals surface area (Å²) in [6.07, 6.45) is 0. The smallest absolute Gasteiger partial charge is 0.234 e. The molecular formula is C17H16FN5OS. The first kappa shape index (κ1) is 17.1. The van der Waals surface area contributed by atoms with Crippen LogP contribution in [-0.2, 0) is 4.79 Å². The standard InChI is InChI=1S/C17H16FN5OS/c1-11-9-12(2)23(22-11)15-7-8-17(21-20-15)25-10-16(24)19-14-6-4-3-5-13(14)18/h3-9H,10H2,1-2H3,(H,19,24). The van der Waals surface area contributed by atoms with Crippen LogP contribution >= 0.6 is 11.8 Å². The summed E-state index contributed by atoms with van der Waals surface area (Å²) < 4.78 is 15.2. The Kier molecular flexibility index (Phi) is 5.08. The van der Waals surface area contributed by atoms with Crippen molar-refractivity contribution in [3.8, 4) is 5.82 Å². The van der Waals surface area contributed by atoms with Gasteiger partial charge in [-0.1, -0.05) is 23.9 Å². The van der Waals surface area contributed by atoms with E-state index in [4.69, 9.17) is 0 Å². The van der Waals surface area contributed by atoms with Crippen LogP contribution in [0.1, 0.15) is 11.4 Å². The first-order chi connectivity index (χ1) is 12.0. The minimum atomic E-state index is -0.463. The molecule has 1 aromatic carbocycles. The molecular weight excluding hydrogens is 341 g/mol. The fraction of sp³-hybridized carbons (Fsp3) is 0.176. The molecule has 6 nitrogen and oxygen atoms in total. The predicted octanol–water partition coefficient (Wildman–Crippen LogP) is 3.15. The molecule has 0 fully saturated rings. The van der Waals surface area contributed by atoms with E-state index in [9.17, 15) is 9.18 Å². The van der Waals surface area contributed by atoms with Crippen molar-refractivity contribution in [3.05, 3.63) is 59.7 Å². The van der Waals surface area contributed by atoms with Gasteiger partial charge < -0.3 is 5.32 Å². The molecule has 1 amide bonds. The molecule has 8 heteroatoms. The van der Waals surface area contributed by atoms with Gasteiger partial charge in [-0.2, -0.15) is 5.10 Å². The molecule has 0 aliphatic rings. The zero-order valence-corrected chi connectivity index (χ0v) is 14.5. The van der Waals surface area contributed by atoms with E-state index in [1.54, 1.807) is 28.9 Å². The number of benzene rings is 1. The molecule has 0 radical (unpaired) electrons. The lowest BCUT2D eigenvalue weighted by molar-refractivity contribution is -0.113. The summed E-state index contributed by atoms with van der Waals surface area (Å²) in [4.78, 5) is 11.9. The van der Waals surface area contributed by atoms with Crippen molar-refractivity contribution in [3.63, 3.8) is 0 Å². The molecule has 0 bridgehead atoms. The minimum Gasteiger partial charge on any atom is -0.323 e. The number of nitrogens with one attached hydrogen (secondary N) is 1. The van der Waals surface area contributed by atoms with Crippen molar-refractivity contribution >= 4 is 23.4 Å². The van der Waals surface area contributed by atoms with Crippen LogP contribution in [0.25, 0.3) is 5.82 Å². The summed E-state index contributed by atoms with van der Waals surface area (Å²) in [5.41, 5.74) is 2.04. The molecule has 1 N–H and O–H groups in total. The molecule has 3 rings (SSSR count). The monoisotopic (exact) mass is 357 g/mol. The number of hydrogen-bond acceptors (Lipinski definition) is 5. The fourth-order valence-corrected chi connectivity index (χ4v) is 2.87. The Morgan fingerprint density at radius 1 is 1.20 bits per heavy atom. The SMILES string of the molecule is Cc1cc(C)n(-c2ccc(SCC(=O)Nc3ccccc3F)nn2)n1. The van der Waals surface area contributed by atoms with Gasteiger partial charge in [-0.3, -0.25) is 4.79 Å². The number of aromatic nitrogens is 4. The number of rotatable bonds is 5. The van der Waals surface area contributed by atoms with Gasteiger partial charge in [-0.15, -0.1) is 10.2 Å². The molecule has 2 aromatic heterocycles. The Bertz CT molecular complexity index is 894. The molecule has 0 aliphatic carbocycles.